The third-order valence-corrected chi connectivity index (χ3v) is 6.76. The van der Waals surface area contributed by atoms with Gasteiger partial charge >= 0.3 is 0 Å². The Balaban J connectivity index is 1.33. The van der Waals surface area contributed by atoms with Crippen LogP contribution in [-0.4, -0.2) is 62.8 Å². The summed E-state index contributed by atoms with van der Waals surface area (Å²) >= 11 is 0. The van der Waals surface area contributed by atoms with Crippen molar-refractivity contribution in [1.29, 1.82) is 0 Å². The summed E-state index contributed by atoms with van der Waals surface area (Å²) in [5.41, 5.74) is 2.24. The van der Waals surface area contributed by atoms with Crippen LogP contribution in [0.2, 0.25) is 0 Å². The summed E-state index contributed by atoms with van der Waals surface area (Å²) in [6.45, 7) is 3.07. The number of piperazine rings is 1. The number of allylic oxidation sites excluding steroid dienone is 2. The van der Waals surface area contributed by atoms with E-state index in [2.05, 4.69) is 17.0 Å². The Morgan fingerprint density at radius 1 is 0.875 bits per heavy atom. The number of carbonyl (C=O) groups is 3. The maximum absolute atomic E-state index is 13.0. The number of Topliss-reactive ketones (excluding diaryl/α,β-unsaturated/α-hetero) is 2. The summed E-state index contributed by atoms with van der Waals surface area (Å²) in [6.07, 6.45) is 2.86. The molecule has 0 radical (unpaired) electrons. The van der Waals surface area contributed by atoms with E-state index >= 15 is 0 Å². The van der Waals surface area contributed by atoms with Crippen molar-refractivity contribution in [1.82, 2.24) is 4.90 Å². The van der Waals surface area contributed by atoms with Gasteiger partial charge in [-0.2, -0.15) is 0 Å². The molecule has 7 nitrogen and oxygen atoms in total. The largest absolute Gasteiger partial charge is 0.489 e. The van der Waals surface area contributed by atoms with Gasteiger partial charge in [-0.25, -0.2) is 0 Å². The van der Waals surface area contributed by atoms with E-state index in [9.17, 15) is 14.4 Å². The van der Waals surface area contributed by atoms with Crippen molar-refractivity contribution in [3.05, 3.63) is 53.0 Å². The molecular formula is C25H30N2O5. The third kappa shape index (κ3) is 4.29. The summed E-state index contributed by atoms with van der Waals surface area (Å²) in [7, 11) is 2.75. The molecule has 1 fully saturated rings. The molecule has 3 aliphatic rings. The van der Waals surface area contributed by atoms with Gasteiger partial charge in [0, 0.05) is 49.4 Å². The smallest absolute Gasteiger partial charge is 0.228 e. The molecule has 0 bridgehead atoms. The first kappa shape index (κ1) is 22.1. The van der Waals surface area contributed by atoms with Crippen LogP contribution in [0.4, 0.5) is 5.69 Å². The monoisotopic (exact) mass is 438 g/mol. The first-order valence-corrected chi connectivity index (χ1v) is 11.2. The summed E-state index contributed by atoms with van der Waals surface area (Å²) in [4.78, 5) is 42.9. The number of ether oxygens (including phenoxy) is 2. The predicted octanol–water partition coefficient (Wildman–Crippen LogP) is 2.87. The second-order valence-electron chi connectivity index (χ2n) is 8.53. The second-order valence-corrected chi connectivity index (χ2v) is 8.53. The number of amides is 1. The molecule has 170 valence electrons. The van der Waals surface area contributed by atoms with Gasteiger partial charge in [0.2, 0.25) is 29.0 Å². The van der Waals surface area contributed by atoms with Gasteiger partial charge in [0.1, 0.15) is 0 Å². The highest BCUT2D eigenvalue weighted by Gasteiger charge is 2.38. The van der Waals surface area contributed by atoms with E-state index < -0.39 is 0 Å². The van der Waals surface area contributed by atoms with Crippen LogP contribution in [0.15, 0.2) is 53.0 Å². The molecule has 0 saturated carbocycles. The molecule has 1 aromatic rings. The van der Waals surface area contributed by atoms with E-state index in [1.165, 1.54) is 19.9 Å². The fourth-order valence-electron chi connectivity index (χ4n) is 4.93. The summed E-state index contributed by atoms with van der Waals surface area (Å²) in [6, 6.07) is 10.3. The lowest BCUT2D eigenvalue weighted by molar-refractivity contribution is -0.132. The van der Waals surface area contributed by atoms with Gasteiger partial charge in [-0.05, 0) is 43.7 Å². The molecule has 1 aromatic carbocycles. The number of benzene rings is 1. The maximum atomic E-state index is 13.0. The number of hydrogen-bond acceptors (Lipinski definition) is 6. The highest BCUT2D eigenvalue weighted by Crippen LogP contribution is 2.37. The van der Waals surface area contributed by atoms with Crippen molar-refractivity contribution in [3.63, 3.8) is 0 Å². The van der Waals surface area contributed by atoms with E-state index in [4.69, 9.17) is 9.47 Å². The average Bonchev–Trinajstić information content (AvgIpc) is 3.05. The first-order chi connectivity index (χ1) is 15.5. The number of carbonyl (C=O) groups excluding carboxylic acids is 3. The maximum Gasteiger partial charge on any atom is 0.228 e. The van der Waals surface area contributed by atoms with Gasteiger partial charge in [-0.1, -0.05) is 18.2 Å². The van der Waals surface area contributed by atoms with Crippen LogP contribution >= 0.6 is 0 Å². The zero-order valence-electron chi connectivity index (χ0n) is 18.8. The van der Waals surface area contributed by atoms with Crippen molar-refractivity contribution in [2.24, 2.45) is 5.92 Å². The van der Waals surface area contributed by atoms with Crippen molar-refractivity contribution in [3.8, 4) is 0 Å². The number of hydrogen-bond donors (Lipinski definition) is 0. The SMILES string of the molecule is COC1=C(OC)C(=O)C2=C(CCC(CC(=O)N3CCN(c4ccccc4)CC3)CC2)C1=O. The topological polar surface area (TPSA) is 76.2 Å². The number of anilines is 1. The minimum atomic E-state index is -0.261. The molecule has 1 amide bonds. The lowest BCUT2D eigenvalue weighted by Gasteiger charge is -2.36. The van der Waals surface area contributed by atoms with Crippen LogP contribution in [0.1, 0.15) is 32.1 Å². The molecule has 0 spiro atoms. The fourth-order valence-corrected chi connectivity index (χ4v) is 4.93. The Labute approximate surface area is 188 Å². The minimum Gasteiger partial charge on any atom is -0.489 e. The Kier molecular flexibility index (Phi) is 6.63. The predicted molar refractivity (Wildman–Crippen MR) is 120 cm³/mol. The fraction of sp³-hybridized carbons (Fsp3) is 0.480. The molecule has 32 heavy (non-hydrogen) atoms. The van der Waals surface area contributed by atoms with Crippen molar-refractivity contribution >= 4 is 23.2 Å². The Hall–Kier alpha value is -3.09. The van der Waals surface area contributed by atoms with Gasteiger partial charge in [0.15, 0.2) is 0 Å². The highest BCUT2D eigenvalue weighted by atomic mass is 16.5. The Morgan fingerprint density at radius 2 is 1.41 bits per heavy atom. The first-order valence-electron chi connectivity index (χ1n) is 11.2. The van der Waals surface area contributed by atoms with E-state index in [0.29, 0.717) is 56.3 Å². The standard InChI is InChI=1S/C25H30N2O5/c1-31-24-22(29)19-10-8-17(9-11-20(19)23(30)25(24)32-2)16-21(28)27-14-12-26(13-15-27)18-6-4-3-5-7-18/h3-7,17H,8-16H2,1-2H3. The molecule has 7 heteroatoms. The quantitative estimate of drug-likeness (QED) is 0.658. The van der Waals surface area contributed by atoms with Gasteiger partial charge in [-0.3, -0.25) is 14.4 Å². The van der Waals surface area contributed by atoms with Crippen LogP contribution in [0.5, 0.6) is 0 Å². The molecular weight excluding hydrogens is 408 g/mol. The minimum absolute atomic E-state index is 0.0120. The van der Waals surface area contributed by atoms with Crippen LogP contribution in [-0.2, 0) is 23.9 Å². The average molecular weight is 439 g/mol. The number of ketones is 2. The van der Waals surface area contributed by atoms with Gasteiger partial charge in [-0.15, -0.1) is 0 Å². The number of rotatable bonds is 5. The number of nitrogens with zero attached hydrogens (tertiary/aromatic N) is 2. The molecule has 0 unspecified atom stereocenters. The zero-order chi connectivity index (χ0) is 22.7. The summed E-state index contributed by atoms with van der Waals surface area (Å²) in [5, 5.41) is 0. The van der Waals surface area contributed by atoms with Crippen LogP contribution in [0.25, 0.3) is 0 Å². The highest BCUT2D eigenvalue weighted by molar-refractivity contribution is 6.23. The Morgan fingerprint density at radius 3 is 1.91 bits per heavy atom. The number of methoxy groups -OCH3 is 2. The van der Waals surface area contributed by atoms with Crippen molar-refractivity contribution < 1.29 is 23.9 Å². The second kappa shape index (κ2) is 9.59. The van der Waals surface area contributed by atoms with Gasteiger partial charge < -0.3 is 19.3 Å². The summed E-state index contributed by atoms with van der Waals surface area (Å²) in [5.74, 6) is -0.235. The molecule has 0 aromatic heterocycles. The number of para-hydroxylation sites is 1. The van der Waals surface area contributed by atoms with Crippen LogP contribution in [0, 0.1) is 5.92 Å². The van der Waals surface area contributed by atoms with E-state index in [1.807, 2.05) is 23.1 Å². The van der Waals surface area contributed by atoms with E-state index in [1.54, 1.807) is 0 Å². The molecule has 0 N–H and O–H groups in total. The molecule has 2 aliphatic carbocycles. The summed E-state index contributed by atoms with van der Waals surface area (Å²) < 4.78 is 10.3. The van der Waals surface area contributed by atoms with Gasteiger partial charge in [0.05, 0.1) is 14.2 Å². The normalized spacial score (nSPS) is 20.3. The van der Waals surface area contributed by atoms with E-state index in [0.717, 1.165) is 13.1 Å². The molecule has 1 saturated heterocycles. The van der Waals surface area contributed by atoms with Crippen LogP contribution < -0.4 is 4.90 Å². The zero-order valence-corrected chi connectivity index (χ0v) is 18.8. The van der Waals surface area contributed by atoms with Crippen molar-refractivity contribution in [2.45, 2.75) is 32.1 Å². The molecule has 1 heterocycles. The van der Waals surface area contributed by atoms with Crippen LogP contribution in [0.3, 0.4) is 0 Å². The molecule has 0 atom stereocenters. The third-order valence-electron chi connectivity index (χ3n) is 6.76. The van der Waals surface area contributed by atoms with Gasteiger partial charge in [0.25, 0.3) is 0 Å². The van der Waals surface area contributed by atoms with E-state index in [-0.39, 0.29) is 34.9 Å². The molecule has 4 rings (SSSR count). The lowest BCUT2D eigenvalue weighted by atomic mass is 9.89. The lowest BCUT2D eigenvalue weighted by Crippen LogP contribution is -2.49. The molecule has 1 aliphatic heterocycles. The Bertz CT molecular complexity index is 918. The van der Waals surface area contributed by atoms with Crippen molar-refractivity contribution in [2.75, 3.05) is 45.3 Å².